The second kappa shape index (κ2) is 63.6. The summed E-state index contributed by atoms with van der Waals surface area (Å²) >= 11 is 0. The van der Waals surface area contributed by atoms with Crippen molar-refractivity contribution in [3.8, 4) is 0 Å². The minimum atomic E-state index is -4.94. The molecule has 0 fully saturated rings. The van der Waals surface area contributed by atoms with Gasteiger partial charge in [0, 0.05) is 19.3 Å². The molecule has 5 unspecified atom stereocenters. The maximum absolute atomic E-state index is 12.9. The molecule has 0 radical (unpaired) electrons. The minimum Gasteiger partial charge on any atom is -0.463 e. The Morgan fingerprint density at radius 2 is 0.562 bits per heavy atom. The Kier molecular flexibility index (Phi) is 60.3. The first-order valence-electron chi connectivity index (χ1n) is 33.1. The Hall–Kier alpha value is -4.57. The molecule has 16 nitrogen and oxygen atoms in total. The lowest BCUT2D eigenvalue weighted by atomic mass is 10.1. The van der Waals surface area contributed by atoms with Crippen molar-refractivity contribution in [3.05, 3.63) is 146 Å². The number of carbonyl (C=O) groups excluding carboxylic acids is 3. The summed E-state index contributed by atoms with van der Waals surface area (Å²) in [5.74, 6) is -1.66. The van der Waals surface area contributed by atoms with Gasteiger partial charge in [0.15, 0.2) is 6.10 Å². The number of carbonyl (C=O) groups is 3. The third kappa shape index (κ3) is 64.8. The molecule has 0 rings (SSSR count). The van der Waals surface area contributed by atoms with Crippen LogP contribution in [-0.2, 0) is 55.8 Å². The van der Waals surface area contributed by atoms with Gasteiger partial charge in [0.1, 0.15) is 25.4 Å². The normalized spacial score (nSPS) is 15.2. The number of phosphoric acid groups is 2. The molecule has 0 aromatic rings. The summed E-state index contributed by atoms with van der Waals surface area (Å²) in [7, 11) is -9.80. The van der Waals surface area contributed by atoms with Gasteiger partial charge in [0.05, 0.1) is 26.4 Å². The molecule has 0 aliphatic heterocycles. The summed E-state index contributed by atoms with van der Waals surface area (Å²) in [6.45, 7) is 2.22. The van der Waals surface area contributed by atoms with Gasteiger partial charge in [-0.2, -0.15) is 0 Å². The molecule has 89 heavy (non-hydrogen) atoms. The number of phosphoric ester groups is 2. The zero-order chi connectivity index (χ0) is 65.3. The molecule has 0 aromatic heterocycles. The van der Waals surface area contributed by atoms with Gasteiger partial charge >= 0.3 is 33.6 Å². The van der Waals surface area contributed by atoms with Crippen molar-refractivity contribution in [2.24, 2.45) is 0 Å². The van der Waals surface area contributed by atoms with Gasteiger partial charge in [-0.3, -0.25) is 32.5 Å². The van der Waals surface area contributed by atoms with Crippen LogP contribution in [0.25, 0.3) is 0 Å². The molecular formula is C71H116O16P2. The zero-order valence-electron chi connectivity index (χ0n) is 54.5. The lowest BCUT2D eigenvalue weighted by molar-refractivity contribution is -0.161. The van der Waals surface area contributed by atoms with E-state index in [2.05, 4.69) is 167 Å². The fourth-order valence-corrected chi connectivity index (χ4v) is 9.66. The van der Waals surface area contributed by atoms with Crippen LogP contribution in [0.15, 0.2) is 146 Å². The molecule has 0 aromatic carbocycles. The van der Waals surface area contributed by atoms with Gasteiger partial charge in [-0.1, -0.05) is 218 Å². The largest absolute Gasteiger partial charge is 0.472 e. The molecule has 0 aliphatic rings. The van der Waals surface area contributed by atoms with Gasteiger partial charge < -0.3 is 34.2 Å². The van der Waals surface area contributed by atoms with Crippen LogP contribution >= 0.6 is 15.6 Å². The van der Waals surface area contributed by atoms with Crippen molar-refractivity contribution in [1.82, 2.24) is 0 Å². The molecule has 0 aliphatic carbocycles. The predicted molar refractivity (Wildman–Crippen MR) is 362 cm³/mol. The molecule has 0 bridgehead atoms. The molecule has 0 saturated carbocycles. The van der Waals surface area contributed by atoms with E-state index in [1.54, 1.807) is 0 Å². The maximum Gasteiger partial charge on any atom is 0.472 e. The number of hydrogen-bond donors (Lipinski definition) is 4. The third-order valence-corrected chi connectivity index (χ3v) is 14.9. The molecule has 18 heteroatoms. The van der Waals surface area contributed by atoms with Crippen LogP contribution in [0.1, 0.15) is 226 Å². The van der Waals surface area contributed by atoms with Crippen molar-refractivity contribution in [2.45, 2.75) is 245 Å². The van der Waals surface area contributed by atoms with Crippen molar-refractivity contribution in [3.63, 3.8) is 0 Å². The van der Waals surface area contributed by atoms with E-state index in [1.165, 1.54) is 0 Å². The second-order valence-corrected chi connectivity index (χ2v) is 24.4. The molecule has 506 valence electrons. The maximum atomic E-state index is 12.9. The lowest BCUT2D eigenvalue weighted by Crippen LogP contribution is -2.30. The van der Waals surface area contributed by atoms with Crippen LogP contribution < -0.4 is 0 Å². The summed E-state index contributed by atoms with van der Waals surface area (Å²) in [6.07, 6.45) is 74.7. The van der Waals surface area contributed by atoms with E-state index < -0.39 is 91.5 Å². The molecule has 0 spiro atoms. The van der Waals surface area contributed by atoms with Gasteiger partial charge in [-0.25, -0.2) is 9.13 Å². The van der Waals surface area contributed by atoms with Crippen LogP contribution in [-0.4, -0.2) is 95.9 Å². The van der Waals surface area contributed by atoms with Crippen LogP contribution in [0.4, 0.5) is 0 Å². The Morgan fingerprint density at radius 3 is 0.888 bits per heavy atom. The fraction of sp³-hybridized carbons (Fsp3) is 0.620. The van der Waals surface area contributed by atoms with E-state index >= 15 is 0 Å². The molecule has 5 atom stereocenters. The van der Waals surface area contributed by atoms with Gasteiger partial charge in [0.25, 0.3) is 0 Å². The Balaban J connectivity index is 4.77. The fourth-order valence-electron chi connectivity index (χ4n) is 8.07. The van der Waals surface area contributed by atoms with Gasteiger partial charge in [-0.05, 0) is 135 Å². The van der Waals surface area contributed by atoms with Crippen molar-refractivity contribution >= 4 is 33.6 Å². The molecule has 0 heterocycles. The smallest absolute Gasteiger partial charge is 0.463 e. The first-order chi connectivity index (χ1) is 43.2. The highest BCUT2D eigenvalue weighted by molar-refractivity contribution is 7.47. The highest BCUT2D eigenvalue weighted by atomic mass is 31.2. The summed E-state index contributed by atoms with van der Waals surface area (Å²) in [5, 5.41) is 20.5. The third-order valence-electron chi connectivity index (χ3n) is 13.0. The van der Waals surface area contributed by atoms with E-state index in [0.29, 0.717) is 19.3 Å². The van der Waals surface area contributed by atoms with E-state index in [4.69, 9.17) is 32.3 Å². The highest BCUT2D eigenvalue weighted by Gasteiger charge is 2.29. The molecule has 0 saturated heterocycles. The zero-order valence-corrected chi connectivity index (χ0v) is 56.3. The lowest BCUT2D eigenvalue weighted by Gasteiger charge is -2.21. The van der Waals surface area contributed by atoms with Crippen LogP contribution in [0.2, 0.25) is 0 Å². The van der Waals surface area contributed by atoms with E-state index in [-0.39, 0.29) is 19.3 Å². The van der Waals surface area contributed by atoms with E-state index in [9.17, 15) is 43.5 Å². The summed E-state index contributed by atoms with van der Waals surface area (Å²) in [5.41, 5.74) is 0. The molecular weight excluding hydrogens is 1170 g/mol. The number of ether oxygens (including phenoxy) is 3. The number of allylic oxidation sites excluding steroid dienone is 24. The SMILES string of the molecule is CC/C=C\C/C=C\C/C=C\C/C=C\CCCCCCCCC(=O)OCC(O)COP(=O)(O)OCC(O)COP(=O)(O)OCC(COC(=O)CCCCCC/C=C\C/C=C\C/C=C\C/C=C\CC)OC(=O)CCCCCC/C=C\C/C=C\C/C=C\C/C=C\CC. The Labute approximate surface area is 537 Å². The standard InChI is InChI=1S/C71H116O16P2/c1-4-7-10-13-16-19-22-25-28-31-32-35-37-39-42-45-48-51-54-57-69(74)81-60-66(72)61-83-88(77,78)84-62-67(73)63-85-89(79,80)86-65-68(87-71(76)59-56-53-50-47-44-41-38-34-30-27-24-21-18-15-12-9-6-3)64-82-70(75)58-55-52-49-46-43-40-36-33-29-26-23-20-17-14-11-8-5-2/h7-12,16-21,25-30,32,35-36,38,40-41,66-68,72-73H,4-6,13-15,22-24,31,33-34,37,39,42-65H2,1-3H3,(H,77,78)(H,79,80)/b10-7-,11-8-,12-9-,19-16-,20-17-,21-18-,28-25-,29-26-,30-27-,35-32-,40-36-,41-38-. The number of aliphatic hydroxyl groups excluding tert-OH is 2. The number of hydrogen-bond acceptors (Lipinski definition) is 14. The van der Waals surface area contributed by atoms with Crippen molar-refractivity contribution in [1.29, 1.82) is 0 Å². The predicted octanol–water partition coefficient (Wildman–Crippen LogP) is 18.2. The quantitative estimate of drug-likeness (QED) is 0.0146. The number of aliphatic hydroxyl groups is 2. The highest BCUT2D eigenvalue weighted by Crippen LogP contribution is 2.45. The summed E-state index contributed by atoms with van der Waals surface area (Å²) in [4.78, 5) is 58.3. The number of esters is 3. The number of rotatable bonds is 61. The average molecular weight is 1290 g/mol. The van der Waals surface area contributed by atoms with Crippen molar-refractivity contribution in [2.75, 3.05) is 39.6 Å². The Bertz CT molecular complexity index is 2210. The van der Waals surface area contributed by atoms with E-state index in [0.717, 1.165) is 167 Å². The second-order valence-electron chi connectivity index (χ2n) is 21.5. The van der Waals surface area contributed by atoms with E-state index in [1.807, 2.05) is 0 Å². The van der Waals surface area contributed by atoms with Crippen molar-refractivity contribution < 1.29 is 75.8 Å². The first kappa shape index (κ1) is 84.4. The summed E-state index contributed by atoms with van der Waals surface area (Å²) in [6, 6.07) is 0. The van der Waals surface area contributed by atoms with Crippen LogP contribution in [0.3, 0.4) is 0 Å². The van der Waals surface area contributed by atoms with Gasteiger partial charge in [-0.15, -0.1) is 0 Å². The topological polar surface area (TPSA) is 231 Å². The first-order valence-corrected chi connectivity index (χ1v) is 36.1. The molecule has 0 amide bonds. The Morgan fingerprint density at radius 1 is 0.315 bits per heavy atom. The van der Waals surface area contributed by atoms with Crippen LogP contribution in [0, 0.1) is 0 Å². The monoisotopic (exact) mass is 1290 g/mol. The molecule has 4 N–H and O–H groups in total. The van der Waals surface area contributed by atoms with Crippen LogP contribution in [0.5, 0.6) is 0 Å². The summed E-state index contributed by atoms with van der Waals surface area (Å²) < 4.78 is 60.8. The minimum absolute atomic E-state index is 0.0650. The average Bonchev–Trinajstić information content (AvgIpc) is 3.54. The number of unbranched alkanes of at least 4 members (excludes halogenated alkanes) is 14. The van der Waals surface area contributed by atoms with Gasteiger partial charge in [0.2, 0.25) is 0 Å².